The molecule has 1 atom stereocenters. The minimum absolute atomic E-state index is 0.105. The third-order valence-corrected chi connectivity index (χ3v) is 4.84. The Balaban J connectivity index is 1.97. The number of carbonyl (C=O) groups excluding carboxylic acids is 1. The van der Waals surface area contributed by atoms with Crippen molar-refractivity contribution in [1.29, 1.82) is 0 Å². The van der Waals surface area contributed by atoms with Gasteiger partial charge in [0, 0.05) is 0 Å². The van der Waals surface area contributed by atoms with Gasteiger partial charge in [-0.1, -0.05) is 18.2 Å². The molecule has 0 aliphatic carbocycles. The van der Waals surface area contributed by atoms with Crippen molar-refractivity contribution in [2.24, 2.45) is 0 Å². The molecule has 0 aliphatic heterocycles. The second-order valence-corrected chi connectivity index (χ2v) is 6.60. The number of carboxylic acid groups (broad SMARTS) is 1. The first-order chi connectivity index (χ1) is 11.3. The summed E-state index contributed by atoms with van der Waals surface area (Å²) in [5.74, 6) is -0.582. The van der Waals surface area contributed by atoms with Crippen LogP contribution in [-0.2, 0) is 4.79 Å². The second kappa shape index (κ2) is 7.44. The van der Waals surface area contributed by atoms with Crippen molar-refractivity contribution in [3.63, 3.8) is 0 Å². The van der Waals surface area contributed by atoms with Gasteiger partial charge in [-0.2, -0.15) is 0 Å². The molecule has 1 heterocycles. The lowest BCUT2D eigenvalue weighted by Gasteiger charge is -2.14. The van der Waals surface area contributed by atoms with E-state index in [0.29, 0.717) is 16.5 Å². The first-order valence-electron chi connectivity index (χ1n) is 7.48. The van der Waals surface area contributed by atoms with E-state index >= 15 is 0 Å². The van der Waals surface area contributed by atoms with Gasteiger partial charge < -0.3 is 15.2 Å². The first-order valence-corrected chi connectivity index (χ1v) is 8.30. The number of carbonyl (C=O) groups is 2. The minimum Gasteiger partial charge on any atom is -0.483 e. The zero-order valence-electron chi connectivity index (χ0n) is 14.0. The van der Waals surface area contributed by atoms with Gasteiger partial charge in [-0.3, -0.25) is 4.79 Å². The third-order valence-electron chi connectivity index (χ3n) is 3.51. The van der Waals surface area contributed by atoms with Gasteiger partial charge in [-0.15, -0.1) is 11.3 Å². The highest BCUT2D eigenvalue weighted by molar-refractivity contribution is 7.13. The van der Waals surface area contributed by atoms with Crippen molar-refractivity contribution < 1.29 is 19.4 Å². The standard InChI is InChI=1S/C17H20N2O4S/c1-9-6-5-7-10(2)14(9)23-8-13(20)18-12(4)16-19-11(3)15(24-16)17(21)22/h5-7,12H,8H2,1-4H3,(H,18,20)(H,21,22). The Bertz CT molecular complexity index is 750. The average molecular weight is 348 g/mol. The van der Waals surface area contributed by atoms with E-state index in [1.54, 1.807) is 13.8 Å². The lowest BCUT2D eigenvalue weighted by Crippen LogP contribution is -2.31. The monoisotopic (exact) mass is 348 g/mol. The molecule has 0 bridgehead atoms. The van der Waals surface area contributed by atoms with E-state index in [-0.39, 0.29) is 23.4 Å². The van der Waals surface area contributed by atoms with Gasteiger partial charge in [0.25, 0.3) is 5.91 Å². The summed E-state index contributed by atoms with van der Waals surface area (Å²) in [4.78, 5) is 27.5. The number of benzene rings is 1. The van der Waals surface area contributed by atoms with Gasteiger partial charge in [0.15, 0.2) is 6.61 Å². The zero-order valence-corrected chi connectivity index (χ0v) is 14.9. The van der Waals surface area contributed by atoms with Crippen molar-refractivity contribution in [3.8, 4) is 5.75 Å². The van der Waals surface area contributed by atoms with E-state index in [0.717, 1.165) is 22.5 Å². The number of aryl methyl sites for hydroxylation is 3. The number of nitrogens with one attached hydrogen (secondary N) is 1. The summed E-state index contributed by atoms with van der Waals surface area (Å²) in [6.45, 7) is 7.15. The van der Waals surface area contributed by atoms with Crippen molar-refractivity contribution >= 4 is 23.2 Å². The molecule has 0 radical (unpaired) electrons. The molecular formula is C17H20N2O4S. The molecular weight excluding hydrogens is 328 g/mol. The lowest BCUT2D eigenvalue weighted by atomic mass is 10.1. The van der Waals surface area contributed by atoms with Crippen LogP contribution in [0.15, 0.2) is 18.2 Å². The number of amides is 1. The minimum atomic E-state index is -1.01. The molecule has 2 N–H and O–H groups in total. The number of thiazole rings is 1. The van der Waals surface area contributed by atoms with Crippen molar-refractivity contribution in [3.05, 3.63) is 44.9 Å². The van der Waals surface area contributed by atoms with Crippen LogP contribution in [-0.4, -0.2) is 28.6 Å². The SMILES string of the molecule is Cc1cccc(C)c1OCC(=O)NC(C)c1nc(C)c(C(=O)O)s1. The summed E-state index contributed by atoms with van der Waals surface area (Å²) >= 11 is 1.07. The Morgan fingerprint density at radius 1 is 1.29 bits per heavy atom. The molecule has 0 spiro atoms. The normalized spacial score (nSPS) is 11.8. The van der Waals surface area contributed by atoms with E-state index in [2.05, 4.69) is 10.3 Å². The molecule has 2 aromatic rings. The van der Waals surface area contributed by atoms with Crippen LogP contribution in [0, 0.1) is 20.8 Å². The molecule has 2 rings (SSSR count). The van der Waals surface area contributed by atoms with E-state index < -0.39 is 5.97 Å². The fraction of sp³-hybridized carbons (Fsp3) is 0.353. The summed E-state index contributed by atoms with van der Waals surface area (Å²) in [5, 5.41) is 12.4. The fourth-order valence-electron chi connectivity index (χ4n) is 2.31. The number of carboxylic acids is 1. The average Bonchev–Trinajstić information content (AvgIpc) is 2.89. The zero-order chi connectivity index (χ0) is 17.9. The van der Waals surface area contributed by atoms with E-state index in [1.165, 1.54) is 0 Å². The van der Waals surface area contributed by atoms with Gasteiger partial charge in [-0.05, 0) is 38.8 Å². The van der Waals surface area contributed by atoms with Crippen LogP contribution in [0.25, 0.3) is 0 Å². The Morgan fingerprint density at radius 2 is 1.92 bits per heavy atom. The van der Waals surface area contributed by atoms with Gasteiger partial charge in [0.2, 0.25) is 0 Å². The Hall–Kier alpha value is -2.41. The lowest BCUT2D eigenvalue weighted by molar-refractivity contribution is -0.123. The number of hydrogen-bond acceptors (Lipinski definition) is 5. The number of para-hydroxylation sites is 1. The third kappa shape index (κ3) is 4.11. The first kappa shape index (κ1) is 17.9. The van der Waals surface area contributed by atoms with Gasteiger partial charge in [-0.25, -0.2) is 9.78 Å². The molecule has 0 saturated heterocycles. The fourth-order valence-corrected chi connectivity index (χ4v) is 3.22. The molecule has 24 heavy (non-hydrogen) atoms. The maximum absolute atomic E-state index is 12.1. The van der Waals surface area contributed by atoms with Crippen molar-refractivity contribution in [2.45, 2.75) is 33.7 Å². The van der Waals surface area contributed by atoms with E-state index in [9.17, 15) is 9.59 Å². The molecule has 6 nitrogen and oxygen atoms in total. The van der Waals surface area contributed by atoms with Crippen LogP contribution >= 0.6 is 11.3 Å². The maximum Gasteiger partial charge on any atom is 0.347 e. The van der Waals surface area contributed by atoms with Crippen LogP contribution in [0.1, 0.15) is 44.5 Å². The summed E-state index contributed by atoms with van der Waals surface area (Å²) < 4.78 is 5.61. The Morgan fingerprint density at radius 3 is 2.46 bits per heavy atom. The molecule has 1 unspecified atom stereocenters. The van der Waals surface area contributed by atoms with Crippen LogP contribution in [0.4, 0.5) is 0 Å². The van der Waals surface area contributed by atoms with Gasteiger partial charge >= 0.3 is 5.97 Å². The number of ether oxygens (including phenoxy) is 1. The van der Waals surface area contributed by atoms with Crippen LogP contribution < -0.4 is 10.1 Å². The summed E-state index contributed by atoms with van der Waals surface area (Å²) in [6.07, 6.45) is 0. The summed E-state index contributed by atoms with van der Waals surface area (Å²) in [7, 11) is 0. The topological polar surface area (TPSA) is 88.5 Å². The predicted octanol–water partition coefficient (Wildman–Crippen LogP) is 3.02. The highest BCUT2D eigenvalue weighted by atomic mass is 32.1. The Kier molecular flexibility index (Phi) is 5.56. The summed E-state index contributed by atoms with van der Waals surface area (Å²) in [6, 6.07) is 5.41. The number of nitrogens with zero attached hydrogens (tertiary/aromatic N) is 1. The largest absolute Gasteiger partial charge is 0.483 e. The van der Waals surface area contributed by atoms with E-state index in [4.69, 9.17) is 9.84 Å². The molecule has 1 amide bonds. The molecule has 0 fully saturated rings. The molecule has 0 saturated carbocycles. The van der Waals surface area contributed by atoms with Crippen LogP contribution in [0.3, 0.4) is 0 Å². The quantitative estimate of drug-likeness (QED) is 0.838. The second-order valence-electron chi connectivity index (χ2n) is 5.57. The smallest absolute Gasteiger partial charge is 0.347 e. The molecule has 1 aromatic heterocycles. The predicted molar refractivity (Wildman–Crippen MR) is 91.8 cm³/mol. The number of rotatable bonds is 6. The van der Waals surface area contributed by atoms with Crippen molar-refractivity contribution in [2.75, 3.05) is 6.61 Å². The Labute approximate surface area is 144 Å². The highest BCUT2D eigenvalue weighted by Crippen LogP contribution is 2.24. The van der Waals surface area contributed by atoms with Crippen molar-refractivity contribution in [1.82, 2.24) is 10.3 Å². The van der Waals surface area contributed by atoms with Gasteiger partial charge in [0.05, 0.1) is 11.7 Å². The number of hydrogen-bond donors (Lipinski definition) is 2. The van der Waals surface area contributed by atoms with Gasteiger partial charge in [0.1, 0.15) is 15.6 Å². The number of aromatic carboxylic acids is 1. The van der Waals surface area contributed by atoms with Crippen LogP contribution in [0.2, 0.25) is 0 Å². The highest BCUT2D eigenvalue weighted by Gasteiger charge is 2.19. The van der Waals surface area contributed by atoms with E-state index in [1.807, 2.05) is 32.0 Å². The number of aromatic nitrogens is 1. The molecule has 7 heteroatoms. The van der Waals surface area contributed by atoms with Crippen LogP contribution in [0.5, 0.6) is 5.75 Å². The maximum atomic E-state index is 12.1. The molecule has 1 aromatic carbocycles. The molecule has 0 aliphatic rings. The summed E-state index contributed by atoms with van der Waals surface area (Å²) in [5.41, 5.74) is 2.39. The molecule has 128 valence electrons.